The van der Waals surface area contributed by atoms with Crippen LogP contribution < -0.4 is 5.32 Å². The van der Waals surface area contributed by atoms with Crippen LogP contribution in [0.25, 0.3) is 0 Å². The maximum absolute atomic E-state index is 12.3. The van der Waals surface area contributed by atoms with Crippen LogP contribution in [-0.4, -0.2) is 18.3 Å². The molecule has 2 rings (SSSR count). The number of amides is 1. The SMILES string of the molecule is Cc1c(Cl)cccc1C(=O)NCC1(CCl)CCCCC1. The van der Waals surface area contributed by atoms with Crippen LogP contribution in [0.2, 0.25) is 5.02 Å². The van der Waals surface area contributed by atoms with Gasteiger partial charge in [-0.2, -0.15) is 0 Å². The molecule has 0 aromatic heterocycles. The van der Waals surface area contributed by atoms with E-state index in [9.17, 15) is 4.79 Å². The maximum Gasteiger partial charge on any atom is 0.251 e. The molecule has 0 aliphatic heterocycles. The zero-order valence-corrected chi connectivity index (χ0v) is 13.4. The van der Waals surface area contributed by atoms with Crippen molar-refractivity contribution in [2.24, 2.45) is 5.41 Å². The van der Waals surface area contributed by atoms with Crippen molar-refractivity contribution in [1.29, 1.82) is 0 Å². The first-order chi connectivity index (χ1) is 9.58. The fourth-order valence-electron chi connectivity index (χ4n) is 2.88. The number of hydrogen-bond donors (Lipinski definition) is 1. The van der Waals surface area contributed by atoms with Crippen molar-refractivity contribution >= 4 is 29.1 Å². The van der Waals surface area contributed by atoms with Crippen LogP contribution in [0.4, 0.5) is 0 Å². The second-order valence-electron chi connectivity index (χ2n) is 5.79. The molecule has 2 nitrogen and oxygen atoms in total. The zero-order valence-electron chi connectivity index (χ0n) is 11.8. The Hall–Kier alpha value is -0.730. The van der Waals surface area contributed by atoms with Gasteiger partial charge in [-0.1, -0.05) is 36.9 Å². The van der Waals surface area contributed by atoms with Crippen molar-refractivity contribution in [2.75, 3.05) is 12.4 Å². The van der Waals surface area contributed by atoms with E-state index in [1.807, 2.05) is 19.1 Å². The number of hydrogen-bond acceptors (Lipinski definition) is 1. The largest absolute Gasteiger partial charge is 0.351 e. The lowest BCUT2D eigenvalue weighted by molar-refractivity contribution is 0.0920. The second kappa shape index (κ2) is 6.82. The van der Waals surface area contributed by atoms with Gasteiger partial charge in [0.1, 0.15) is 0 Å². The number of benzene rings is 1. The molecule has 20 heavy (non-hydrogen) atoms. The number of nitrogens with one attached hydrogen (secondary N) is 1. The standard InChI is InChI=1S/C16H21Cl2NO/c1-12-13(6-5-7-14(12)18)15(20)19-11-16(10-17)8-3-2-4-9-16/h5-7H,2-4,8-11H2,1H3,(H,19,20). The minimum Gasteiger partial charge on any atom is -0.351 e. The number of carbonyl (C=O) groups excluding carboxylic acids is 1. The first kappa shape index (κ1) is 15.7. The maximum atomic E-state index is 12.3. The van der Waals surface area contributed by atoms with E-state index < -0.39 is 0 Å². The molecule has 4 heteroatoms. The van der Waals surface area contributed by atoms with Gasteiger partial charge in [0.25, 0.3) is 5.91 Å². The van der Waals surface area contributed by atoms with E-state index >= 15 is 0 Å². The number of rotatable bonds is 4. The second-order valence-corrected chi connectivity index (χ2v) is 6.46. The van der Waals surface area contributed by atoms with E-state index in [-0.39, 0.29) is 11.3 Å². The molecular formula is C16H21Cl2NO. The topological polar surface area (TPSA) is 29.1 Å². The summed E-state index contributed by atoms with van der Waals surface area (Å²) in [6.45, 7) is 2.52. The Morgan fingerprint density at radius 2 is 2.00 bits per heavy atom. The highest BCUT2D eigenvalue weighted by atomic mass is 35.5. The molecule has 1 fully saturated rings. The summed E-state index contributed by atoms with van der Waals surface area (Å²) in [5, 5.41) is 3.67. The van der Waals surface area contributed by atoms with Crippen molar-refractivity contribution in [3.05, 3.63) is 34.3 Å². The molecule has 0 atom stereocenters. The van der Waals surface area contributed by atoms with Crippen molar-refractivity contribution in [1.82, 2.24) is 5.32 Å². The van der Waals surface area contributed by atoms with Gasteiger partial charge in [0.15, 0.2) is 0 Å². The third kappa shape index (κ3) is 3.48. The van der Waals surface area contributed by atoms with Crippen LogP contribution in [-0.2, 0) is 0 Å². The molecule has 1 aliphatic carbocycles. The van der Waals surface area contributed by atoms with E-state index in [1.165, 1.54) is 19.3 Å². The van der Waals surface area contributed by atoms with E-state index in [2.05, 4.69) is 5.32 Å². The fourth-order valence-corrected chi connectivity index (χ4v) is 3.41. The molecule has 1 aromatic carbocycles. The van der Waals surface area contributed by atoms with Gasteiger partial charge < -0.3 is 5.32 Å². The van der Waals surface area contributed by atoms with Gasteiger partial charge in [0.05, 0.1) is 0 Å². The van der Waals surface area contributed by atoms with E-state index in [4.69, 9.17) is 23.2 Å². The third-order valence-corrected chi connectivity index (χ3v) is 5.31. The summed E-state index contributed by atoms with van der Waals surface area (Å²) in [5.41, 5.74) is 1.55. The first-order valence-electron chi connectivity index (χ1n) is 7.17. The van der Waals surface area contributed by atoms with Crippen LogP contribution in [0.5, 0.6) is 0 Å². The number of alkyl halides is 1. The summed E-state index contributed by atoms with van der Waals surface area (Å²) >= 11 is 12.2. The van der Waals surface area contributed by atoms with Gasteiger partial charge in [0.2, 0.25) is 0 Å². The molecule has 0 unspecified atom stereocenters. The Morgan fingerprint density at radius 1 is 1.30 bits per heavy atom. The molecule has 0 heterocycles. The summed E-state index contributed by atoms with van der Waals surface area (Å²) in [5.74, 6) is 0.557. The van der Waals surface area contributed by atoms with Crippen LogP contribution in [0.15, 0.2) is 18.2 Å². The summed E-state index contributed by atoms with van der Waals surface area (Å²) in [4.78, 5) is 12.3. The molecular weight excluding hydrogens is 293 g/mol. The normalized spacial score (nSPS) is 17.8. The number of halogens is 2. The summed E-state index contributed by atoms with van der Waals surface area (Å²) in [6, 6.07) is 5.42. The molecule has 1 amide bonds. The molecule has 1 saturated carbocycles. The Kier molecular flexibility index (Phi) is 5.34. The van der Waals surface area contributed by atoms with Gasteiger partial charge in [-0.15, -0.1) is 11.6 Å². The zero-order chi connectivity index (χ0) is 14.6. The molecule has 1 aliphatic rings. The van der Waals surface area contributed by atoms with Gasteiger partial charge in [-0.3, -0.25) is 4.79 Å². The summed E-state index contributed by atoms with van der Waals surface area (Å²) in [6.07, 6.45) is 5.90. The summed E-state index contributed by atoms with van der Waals surface area (Å²) in [7, 11) is 0. The van der Waals surface area contributed by atoms with Gasteiger partial charge in [-0.25, -0.2) is 0 Å². The average molecular weight is 314 g/mol. The number of carbonyl (C=O) groups is 1. The van der Waals surface area contributed by atoms with Crippen molar-refractivity contribution in [3.63, 3.8) is 0 Å². The highest BCUT2D eigenvalue weighted by Crippen LogP contribution is 2.36. The molecule has 0 saturated heterocycles. The van der Waals surface area contributed by atoms with Crippen molar-refractivity contribution in [2.45, 2.75) is 39.0 Å². The molecule has 0 bridgehead atoms. The lowest BCUT2D eigenvalue weighted by atomic mass is 9.75. The Labute approximate surface area is 130 Å². The molecule has 1 aromatic rings. The van der Waals surface area contributed by atoms with Gasteiger partial charge >= 0.3 is 0 Å². The highest BCUT2D eigenvalue weighted by molar-refractivity contribution is 6.31. The minimum absolute atomic E-state index is 0.0555. The predicted molar refractivity (Wildman–Crippen MR) is 84.8 cm³/mol. The average Bonchev–Trinajstić information content (AvgIpc) is 2.48. The van der Waals surface area contributed by atoms with Gasteiger partial charge in [-0.05, 0) is 37.5 Å². The van der Waals surface area contributed by atoms with Crippen LogP contribution in [0, 0.1) is 12.3 Å². The Balaban J connectivity index is 2.02. The smallest absolute Gasteiger partial charge is 0.251 e. The quantitative estimate of drug-likeness (QED) is 0.811. The van der Waals surface area contributed by atoms with Crippen LogP contribution in [0.3, 0.4) is 0 Å². The predicted octanol–water partition coefficient (Wildman–Crippen LogP) is 4.57. The highest BCUT2D eigenvalue weighted by Gasteiger charge is 2.31. The first-order valence-corrected chi connectivity index (χ1v) is 8.08. The molecule has 0 radical (unpaired) electrons. The van der Waals surface area contributed by atoms with Crippen LogP contribution in [0.1, 0.15) is 48.0 Å². The van der Waals surface area contributed by atoms with E-state index in [1.54, 1.807) is 6.07 Å². The van der Waals surface area contributed by atoms with E-state index in [0.29, 0.717) is 23.0 Å². The Morgan fingerprint density at radius 3 is 2.65 bits per heavy atom. The molecule has 1 N–H and O–H groups in total. The minimum atomic E-state index is -0.0555. The summed E-state index contributed by atoms with van der Waals surface area (Å²) < 4.78 is 0. The Bertz CT molecular complexity index is 481. The molecule has 110 valence electrons. The van der Waals surface area contributed by atoms with Crippen LogP contribution >= 0.6 is 23.2 Å². The molecule has 0 spiro atoms. The third-order valence-electron chi connectivity index (χ3n) is 4.33. The fraction of sp³-hybridized carbons (Fsp3) is 0.562. The van der Waals surface area contributed by atoms with E-state index in [0.717, 1.165) is 18.4 Å². The van der Waals surface area contributed by atoms with Gasteiger partial charge in [0, 0.05) is 28.4 Å². The van der Waals surface area contributed by atoms with Crippen molar-refractivity contribution < 1.29 is 4.79 Å². The monoisotopic (exact) mass is 313 g/mol. The lowest BCUT2D eigenvalue weighted by Crippen LogP contribution is -2.40. The van der Waals surface area contributed by atoms with Crippen molar-refractivity contribution in [3.8, 4) is 0 Å². The lowest BCUT2D eigenvalue weighted by Gasteiger charge is -2.35.